The van der Waals surface area contributed by atoms with Crippen molar-refractivity contribution in [2.24, 2.45) is 0 Å². The molecule has 0 aromatic carbocycles. The SMILES string of the molecule is CCCCCCCCNOP(=O)(O)ONCCCCCCCC. The summed E-state index contributed by atoms with van der Waals surface area (Å²) in [5, 5.41) is 0. The predicted octanol–water partition coefficient (Wildman–Crippen LogP) is 4.85. The maximum atomic E-state index is 11.5. The lowest BCUT2D eigenvalue weighted by Gasteiger charge is -2.12. The van der Waals surface area contributed by atoms with Crippen molar-refractivity contribution in [3.8, 4) is 0 Å². The highest BCUT2D eigenvalue weighted by atomic mass is 31.2. The fourth-order valence-corrected chi connectivity index (χ4v) is 2.77. The van der Waals surface area contributed by atoms with E-state index in [1.54, 1.807) is 0 Å². The largest absolute Gasteiger partial charge is 0.505 e. The second-order valence-corrected chi connectivity index (χ2v) is 7.28. The summed E-state index contributed by atoms with van der Waals surface area (Å²) in [5.41, 5.74) is 5.03. The quantitative estimate of drug-likeness (QED) is 0.186. The fourth-order valence-electron chi connectivity index (χ4n) is 2.23. The Morgan fingerprint density at radius 2 is 1.04 bits per heavy atom. The third-order valence-corrected chi connectivity index (χ3v) is 4.34. The van der Waals surface area contributed by atoms with E-state index in [1.165, 1.54) is 51.4 Å². The third kappa shape index (κ3) is 18.2. The normalized spacial score (nSPS) is 12.0. The van der Waals surface area contributed by atoms with Crippen molar-refractivity contribution < 1.29 is 18.7 Å². The highest BCUT2D eigenvalue weighted by molar-refractivity contribution is 7.47. The molecule has 0 unspecified atom stereocenters. The molecule has 0 aliphatic rings. The summed E-state index contributed by atoms with van der Waals surface area (Å²) >= 11 is 0. The zero-order valence-corrected chi connectivity index (χ0v) is 15.9. The summed E-state index contributed by atoms with van der Waals surface area (Å²) in [6, 6.07) is 0. The molecule has 0 saturated carbocycles. The van der Waals surface area contributed by atoms with Gasteiger partial charge >= 0.3 is 7.82 Å². The third-order valence-electron chi connectivity index (χ3n) is 3.62. The minimum atomic E-state index is -4.05. The van der Waals surface area contributed by atoms with Crippen LogP contribution in [0.4, 0.5) is 0 Å². The van der Waals surface area contributed by atoms with Crippen LogP contribution in [0, 0.1) is 0 Å². The Bertz CT molecular complexity index is 269. The number of phosphoric acid groups is 1. The van der Waals surface area contributed by atoms with Crippen LogP contribution in [0.3, 0.4) is 0 Å². The van der Waals surface area contributed by atoms with E-state index in [-0.39, 0.29) is 0 Å². The van der Waals surface area contributed by atoms with E-state index in [0.29, 0.717) is 13.1 Å². The Labute approximate surface area is 142 Å². The second kappa shape index (κ2) is 16.9. The Hall–Kier alpha value is 0.0300. The van der Waals surface area contributed by atoms with E-state index < -0.39 is 7.82 Å². The molecule has 0 radical (unpaired) electrons. The molecule has 0 heterocycles. The standard InChI is InChI=1S/C16H37N2O4P/c1-3-5-7-9-11-13-15-17-21-23(19,20)22-18-16-14-12-10-8-6-4-2/h17-18H,3-16H2,1-2H3,(H,19,20). The smallest absolute Gasteiger partial charge is 0.301 e. The van der Waals surface area contributed by atoms with Crippen LogP contribution in [-0.2, 0) is 13.8 Å². The van der Waals surface area contributed by atoms with Gasteiger partial charge in [-0.25, -0.2) is 4.57 Å². The minimum absolute atomic E-state index is 0.553. The molecule has 7 heteroatoms. The van der Waals surface area contributed by atoms with Gasteiger partial charge in [-0.2, -0.15) is 20.2 Å². The number of nitrogens with one attached hydrogen (secondary N) is 2. The molecule has 0 aliphatic carbocycles. The summed E-state index contributed by atoms with van der Waals surface area (Å²) in [7, 11) is -4.05. The van der Waals surface area contributed by atoms with Crippen molar-refractivity contribution in [1.29, 1.82) is 0 Å². The van der Waals surface area contributed by atoms with Gasteiger partial charge in [-0.15, -0.1) is 0 Å². The predicted molar refractivity (Wildman–Crippen MR) is 94.8 cm³/mol. The number of rotatable bonds is 18. The van der Waals surface area contributed by atoms with Crippen molar-refractivity contribution in [3.05, 3.63) is 0 Å². The van der Waals surface area contributed by atoms with Gasteiger partial charge in [0.1, 0.15) is 0 Å². The number of hydrogen-bond acceptors (Lipinski definition) is 5. The highest BCUT2D eigenvalue weighted by Gasteiger charge is 2.21. The van der Waals surface area contributed by atoms with Crippen molar-refractivity contribution in [2.75, 3.05) is 13.1 Å². The van der Waals surface area contributed by atoms with Gasteiger partial charge in [0.15, 0.2) is 0 Å². The van der Waals surface area contributed by atoms with Crippen LogP contribution in [-0.4, -0.2) is 18.0 Å². The summed E-state index contributed by atoms with van der Waals surface area (Å²) in [6.45, 7) is 5.48. The van der Waals surface area contributed by atoms with E-state index in [9.17, 15) is 9.46 Å². The zero-order chi connectivity index (χ0) is 17.2. The molecule has 0 fully saturated rings. The van der Waals surface area contributed by atoms with E-state index in [1.807, 2.05) is 0 Å². The van der Waals surface area contributed by atoms with Gasteiger partial charge in [0, 0.05) is 13.1 Å². The van der Waals surface area contributed by atoms with E-state index in [0.717, 1.165) is 25.7 Å². The van der Waals surface area contributed by atoms with Crippen molar-refractivity contribution in [3.63, 3.8) is 0 Å². The summed E-state index contributed by atoms with van der Waals surface area (Å²) in [5.74, 6) is 0. The topological polar surface area (TPSA) is 79.8 Å². The van der Waals surface area contributed by atoms with E-state index >= 15 is 0 Å². The lowest BCUT2D eigenvalue weighted by atomic mass is 10.1. The molecule has 0 bridgehead atoms. The molecule has 0 atom stereocenters. The Balaban J connectivity index is 3.35. The van der Waals surface area contributed by atoms with Crippen molar-refractivity contribution in [1.82, 2.24) is 11.0 Å². The summed E-state index contributed by atoms with van der Waals surface area (Å²) < 4.78 is 20.9. The molecule has 140 valence electrons. The molecular formula is C16H37N2O4P. The van der Waals surface area contributed by atoms with Gasteiger partial charge in [0.25, 0.3) is 0 Å². The fraction of sp³-hybridized carbons (Fsp3) is 1.00. The van der Waals surface area contributed by atoms with Gasteiger partial charge in [0.05, 0.1) is 0 Å². The molecular weight excluding hydrogens is 315 g/mol. The molecule has 0 aromatic rings. The summed E-state index contributed by atoms with van der Waals surface area (Å²) in [6.07, 6.45) is 14.0. The first-order valence-electron chi connectivity index (χ1n) is 9.28. The summed E-state index contributed by atoms with van der Waals surface area (Å²) in [4.78, 5) is 9.45. The number of unbranched alkanes of at least 4 members (excludes halogenated alkanes) is 10. The van der Waals surface area contributed by atoms with Crippen LogP contribution in [0.15, 0.2) is 0 Å². The van der Waals surface area contributed by atoms with Gasteiger partial charge in [-0.05, 0) is 12.8 Å². The lowest BCUT2D eigenvalue weighted by molar-refractivity contribution is 0.0610. The maximum absolute atomic E-state index is 11.5. The number of hydrogen-bond donors (Lipinski definition) is 3. The molecule has 23 heavy (non-hydrogen) atoms. The van der Waals surface area contributed by atoms with Crippen LogP contribution in [0.1, 0.15) is 90.9 Å². The average Bonchev–Trinajstić information content (AvgIpc) is 2.52. The highest BCUT2D eigenvalue weighted by Crippen LogP contribution is 2.40. The minimum Gasteiger partial charge on any atom is -0.301 e. The van der Waals surface area contributed by atoms with Gasteiger partial charge in [-0.1, -0.05) is 78.1 Å². The Kier molecular flexibility index (Phi) is 16.9. The molecule has 0 rings (SSSR count). The van der Waals surface area contributed by atoms with E-state index in [2.05, 4.69) is 24.8 Å². The number of hydroxylamine groups is 2. The monoisotopic (exact) mass is 352 g/mol. The van der Waals surface area contributed by atoms with Gasteiger partial charge in [0.2, 0.25) is 0 Å². The van der Waals surface area contributed by atoms with Crippen molar-refractivity contribution >= 4 is 7.82 Å². The van der Waals surface area contributed by atoms with Crippen LogP contribution < -0.4 is 11.0 Å². The van der Waals surface area contributed by atoms with Crippen LogP contribution in [0.2, 0.25) is 0 Å². The Morgan fingerprint density at radius 1 is 0.696 bits per heavy atom. The van der Waals surface area contributed by atoms with Crippen LogP contribution in [0.25, 0.3) is 0 Å². The molecule has 0 amide bonds. The van der Waals surface area contributed by atoms with Crippen LogP contribution in [0.5, 0.6) is 0 Å². The molecule has 0 spiro atoms. The maximum Gasteiger partial charge on any atom is 0.505 e. The first kappa shape index (κ1) is 23.0. The first-order chi connectivity index (χ1) is 11.1. The first-order valence-corrected chi connectivity index (χ1v) is 10.8. The van der Waals surface area contributed by atoms with Gasteiger partial charge < -0.3 is 4.89 Å². The second-order valence-electron chi connectivity index (χ2n) is 5.98. The van der Waals surface area contributed by atoms with Crippen molar-refractivity contribution in [2.45, 2.75) is 90.9 Å². The van der Waals surface area contributed by atoms with Gasteiger partial charge in [-0.3, -0.25) is 0 Å². The van der Waals surface area contributed by atoms with Crippen LogP contribution >= 0.6 is 7.82 Å². The molecule has 0 saturated heterocycles. The van der Waals surface area contributed by atoms with E-state index in [4.69, 9.17) is 9.25 Å². The average molecular weight is 352 g/mol. The lowest BCUT2D eigenvalue weighted by Crippen LogP contribution is -2.20. The molecule has 0 aromatic heterocycles. The zero-order valence-electron chi connectivity index (χ0n) is 15.0. The molecule has 0 aliphatic heterocycles. The molecule has 6 nitrogen and oxygen atoms in total. The molecule has 3 N–H and O–H groups in total. The Morgan fingerprint density at radius 3 is 1.43 bits per heavy atom.